The van der Waals surface area contributed by atoms with Crippen LogP contribution in [0.25, 0.3) is 0 Å². The van der Waals surface area contributed by atoms with Crippen LogP contribution in [0.1, 0.15) is 13.8 Å². The largest absolute Gasteiger partial charge is 0.358 e. The Morgan fingerprint density at radius 1 is 1.50 bits per heavy atom. The molecule has 0 atom stereocenters. The summed E-state index contributed by atoms with van der Waals surface area (Å²) >= 11 is 0. The minimum absolute atomic E-state index is 0.0699. The van der Waals surface area contributed by atoms with Crippen LogP contribution in [-0.2, 0) is 16.1 Å². The summed E-state index contributed by atoms with van der Waals surface area (Å²) in [5.41, 5.74) is 0.600. The molecule has 88 valence electrons. The van der Waals surface area contributed by atoms with Crippen molar-refractivity contribution in [2.45, 2.75) is 20.4 Å². The first-order valence-electron chi connectivity index (χ1n) is 5.07. The fourth-order valence-corrected chi connectivity index (χ4v) is 1.03. The lowest BCUT2D eigenvalue weighted by atomic mass is 10.2. The van der Waals surface area contributed by atoms with E-state index in [2.05, 4.69) is 15.7 Å². The second-order valence-electron chi connectivity index (χ2n) is 3.74. The second-order valence-corrected chi connectivity index (χ2v) is 3.74. The maximum absolute atomic E-state index is 11.4. The molecule has 0 aliphatic carbocycles. The molecule has 1 heterocycles. The molecule has 0 saturated heterocycles. The molecule has 6 nitrogen and oxygen atoms in total. The van der Waals surface area contributed by atoms with Crippen molar-refractivity contribution in [2.24, 2.45) is 5.92 Å². The standard InChI is InChI=1S/C10H16N4O2/c1-7(2)10(16)13-8-4-12-14(5-8)6-9(15)11-3/h4-5,7H,6H2,1-3H3,(H,11,15)(H,13,16). The van der Waals surface area contributed by atoms with Crippen LogP contribution in [0.5, 0.6) is 0 Å². The molecule has 0 saturated carbocycles. The van der Waals surface area contributed by atoms with Gasteiger partial charge in [0.1, 0.15) is 6.54 Å². The van der Waals surface area contributed by atoms with Gasteiger partial charge in [-0.1, -0.05) is 13.8 Å². The molecule has 0 fully saturated rings. The number of nitrogens with zero attached hydrogens (tertiary/aromatic N) is 2. The SMILES string of the molecule is CNC(=O)Cn1cc(NC(=O)C(C)C)cn1. The van der Waals surface area contributed by atoms with Crippen LogP contribution in [0, 0.1) is 5.92 Å². The molecule has 0 bridgehead atoms. The smallest absolute Gasteiger partial charge is 0.241 e. The van der Waals surface area contributed by atoms with E-state index < -0.39 is 0 Å². The summed E-state index contributed by atoms with van der Waals surface area (Å²) in [6.45, 7) is 3.77. The molecule has 0 aliphatic heterocycles. The normalized spacial score (nSPS) is 10.2. The Hall–Kier alpha value is -1.85. The zero-order valence-electron chi connectivity index (χ0n) is 9.65. The molecule has 0 radical (unpaired) electrons. The molecule has 1 aromatic heterocycles. The van der Waals surface area contributed by atoms with Crippen molar-refractivity contribution in [3.8, 4) is 0 Å². The van der Waals surface area contributed by atoms with Crippen molar-refractivity contribution in [2.75, 3.05) is 12.4 Å². The number of carbonyl (C=O) groups is 2. The monoisotopic (exact) mass is 224 g/mol. The third-order valence-corrected chi connectivity index (χ3v) is 2.01. The van der Waals surface area contributed by atoms with Crippen LogP contribution in [0.4, 0.5) is 5.69 Å². The zero-order chi connectivity index (χ0) is 12.1. The van der Waals surface area contributed by atoms with Gasteiger partial charge in [0.15, 0.2) is 0 Å². The van der Waals surface area contributed by atoms with Crippen molar-refractivity contribution in [3.63, 3.8) is 0 Å². The molecule has 0 unspecified atom stereocenters. The highest BCUT2D eigenvalue weighted by molar-refractivity contribution is 5.91. The van der Waals surface area contributed by atoms with Crippen LogP contribution in [0.15, 0.2) is 12.4 Å². The fraction of sp³-hybridized carbons (Fsp3) is 0.500. The minimum atomic E-state index is -0.134. The Bertz CT molecular complexity index is 384. The topological polar surface area (TPSA) is 76.0 Å². The van der Waals surface area contributed by atoms with Gasteiger partial charge in [0.25, 0.3) is 0 Å². The predicted octanol–water partition coefficient (Wildman–Crippen LogP) is 0.224. The summed E-state index contributed by atoms with van der Waals surface area (Å²) in [5, 5.41) is 9.15. The molecular weight excluding hydrogens is 208 g/mol. The van der Waals surface area contributed by atoms with Crippen LogP contribution in [-0.4, -0.2) is 28.6 Å². The van der Waals surface area contributed by atoms with Gasteiger partial charge in [-0.25, -0.2) is 0 Å². The van der Waals surface area contributed by atoms with Crippen molar-refractivity contribution >= 4 is 17.5 Å². The molecule has 0 aliphatic rings. The first-order chi connectivity index (χ1) is 7.52. The Balaban J connectivity index is 2.58. The number of hydrogen-bond donors (Lipinski definition) is 2. The number of nitrogens with one attached hydrogen (secondary N) is 2. The quantitative estimate of drug-likeness (QED) is 0.768. The maximum atomic E-state index is 11.4. The lowest BCUT2D eigenvalue weighted by molar-refractivity contribution is -0.121. The summed E-state index contributed by atoms with van der Waals surface area (Å²) in [7, 11) is 1.56. The van der Waals surface area contributed by atoms with E-state index in [1.807, 2.05) is 13.8 Å². The van der Waals surface area contributed by atoms with E-state index in [1.54, 1.807) is 13.2 Å². The van der Waals surface area contributed by atoms with E-state index in [-0.39, 0.29) is 24.3 Å². The number of hydrogen-bond acceptors (Lipinski definition) is 3. The van der Waals surface area contributed by atoms with Gasteiger partial charge in [0.2, 0.25) is 11.8 Å². The van der Waals surface area contributed by atoms with E-state index in [9.17, 15) is 9.59 Å². The molecule has 0 spiro atoms. The summed E-state index contributed by atoms with van der Waals surface area (Å²) in [6.07, 6.45) is 3.14. The number of anilines is 1. The highest BCUT2D eigenvalue weighted by Gasteiger charge is 2.09. The molecule has 6 heteroatoms. The summed E-state index contributed by atoms with van der Waals surface area (Å²) in [6, 6.07) is 0. The van der Waals surface area contributed by atoms with Gasteiger partial charge in [-0.15, -0.1) is 0 Å². The molecular formula is C10H16N4O2. The highest BCUT2D eigenvalue weighted by Crippen LogP contribution is 2.06. The van der Waals surface area contributed by atoms with Gasteiger partial charge in [0, 0.05) is 19.2 Å². The number of amides is 2. The lowest BCUT2D eigenvalue weighted by Gasteiger charge is -2.04. The third-order valence-electron chi connectivity index (χ3n) is 2.01. The fourth-order valence-electron chi connectivity index (χ4n) is 1.03. The van der Waals surface area contributed by atoms with E-state index in [0.717, 1.165) is 0 Å². The number of rotatable bonds is 4. The Morgan fingerprint density at radius 3 is 2.75 bits per heavy atom. The predicted molar refractivity (Wildman–Crippen MR) is 59.8 cm³/mol. The van der Waals surface area contributed by atoms with Crippen molar-refractivity contribution in [1.82, 2.24) is 15.1 Å². The molecule has 1 rings (SSSR count). The Morgan fingerprint density at radius 2 is 2.19 bits per heavy atom. The zero-order valence-corrected chi connectivity index (χ0v) is 9.65. The first-order valence-corrected chi connectivity index (χ1v) is 5.07. The van der Waals surface area contributed by atoms with Gasteiger partial charge in [-0.05, 0) is 0 Å². The van der Waals surface area contributed by atoms with Crippen LogP contribution in [0.3, 0.4) is 0 Å². The third kappa shape index (κ3) is 3.38. The Kier molecular flexibility index (Phi) is 4.04. The van der Waals surface area contributed by atoms with Crippen molar-refractivity contribution < 1.29 is 9.59 Å². The highest BCUT2D eigenvalue weighted by atomic mass is 16.2. The average molecular weight is 224 g/mol. The van der Waals surface area contributed by atoms with Gasteiger partial charge in [0.05, 0.1) is 11.9 Å². The Labute approximate surface area is 94.0 Å². The van der Waals surface area contributed by atoms with Crippen molar-refractivity contribution in [3.05, 3.63) is 12.4 Å². The van der Waals surface area contributed by atoms with Gasteiger partial charge < -0.3 is 10.6 Å². The van der Waals surface area contributed by atoms with Crippen LogP contribution >= 0.6 is 0 Å². The van der Waals surface area contributed by atoms with E-state index in [4.69, 9.17) is 0 Å². The van der Waals surface area contributed by atoms with E-state index in [0.29, 0.717) is 5.69 Å². The maximum Gasteiger partial charge on any atom is 0.241 e. The first kappa shape index (κ1) is 12.2. The average Bonchev–Trinajstić information content (AvgIpc) is 2.65. The van der Waals surface area contributed by atoms with Gasteiger partial charge >= 0.3 is 0 Å². The second kappa shape index (κ2) is 5.29. The number of carbonyl (C=O) groups excluding carboxylic acids is 2. The molecule has 0 aromatic carbocycles. The number of aromatic nitrogens is 2. The van der Waals surface area contributed by atoms with Crippen LogP contribution in [0.2, 0.25) is 0 Å². The minimum Gasteiger partial charge on any atom is -0.358 e. The van der Waals surface area contributed by atoms with E-state index in [1.165, 1.54) is 10.9 Å². The summed E-state index contributed by atoms with van der Waals surface area (Å²) < 4.78 is 1.47. The van der Waals surface area contributed by atoms with Gasteiger partial charge in [-0.3, -0.25) is 14.3 Å². The van der Waals surface area contributed by atoms with E-state index >= 15 is 0 Å². The van der Waals surface area contributed by atoms with Crippen LogP contribution < -0.4 is 10.6 Å². The summed E-state index contributed by atoms with van der Waals surface area (Å²) in [4.78, 5) is 22.4. The lowest BCUT2D eigenvalue weighted by Crippen LogP contribution is -2.23. The van der Waals surface area contributed by atoms with Crippen molar-refractivity contribution in [1.29, 1.82) is 0 Å². The van der Waals surface area contributed by atoms with Gasteiger partial charge in [-0.2, -0.15) is 5.10 Å². The molecule has 2 N–H and O–H groups in total. The summed E-state index contributed by atoms with van der Waals surface area (Å²) in [5.74, 6) is -0.286. The molecule has 1 aromatic rings. The number of likely N-dealkylation sites (N-methyl/N-ethyl adjacent to an activating group) is 1. The molecule has 2 amide bonds. The molecule has 16 heavy (non-hydrogen) atoms.